The van der Waals surface area contributed by atoms with E-state index < -0.39 is 23.5 Å². The van der Waals surface area contributed by atoms with Gasteiger partial charge in [-0.2, -0.15) is 11.8 Å². The second kappa shape index (κ2) is 13.4. The standard InChI is InChI=1S/C19H33NO7S/c1-14(2)20(5)9-7-16(22)26-11-15(21)12-27-17(23)8-10-28-13-19(3,4)18(24)25-6/h15,21H,1,7-13H2,2-6H3. The molecule has 1 atom stereocenters. The van der Waals surface area contributed by atoms with Gasteiger partial charge in [0.15, 0.2) is 0 Å². The molecule has 1 N–H and O–H groups in total. The highest BCUT2D eigenvalue weighted by Gasteiger charge is 2.28. The first-order chi connectivity index (χ1) is 13.0. The molecule has 0 heterocycles. The molecule has 0 amide bonds. The number of ether oxygens (including phenoxy) is 3. The molecule has 0 bridgehead atoms. The molecule has 0 saturated carbocycles. The number of nitrogens with zero attached hydrogens (tertiary/aromatic N) is 1. The summed E-state index contributed by atoms with van der Waals surface area (Å²) in [4.78, 5) is 36.7. The molecule has 1 unspecified atom stereocenters. The first kappa shape index (κ1) is 26.3. The van der Waals surface area contributed by atoms with Crippen molar-refractivity contribution in [3.05, 3.63) is 12.3 Å². The summed E-state index contributed by atoms with van der Waals surface area (Å²) in [7, 11) is 3.16. The van der Waals surface area contributed by atoms with Crippen LogP contribution in [-0.4, -0.2) is 79.4 Å². The first-order valence-electron chi connectivity index (χ1n) is 9.01. The van der Waals surface area contributed by atoms with Crippen LogP contribution in [0.25, 0.3) is 0 Å². The Hall–Kier alpha value is -1.74. The van der Waals surface area contributed by atoms with Gasteiger partial charge in [-0.05, 0) is 20.8 Å². The quantitative estimate of drug-likeness (QED) is 0.255. The van der Waals surface area contributed by atoms with Crippen molar-refractivity contribution in [1.29, 1.82) is 0 Å². The lowest BCUT2D eigenvalue weighted by Crippen LogP contribution is -2.28. The number of aliphatic hydroxyl groups is 1. The van der Waals surface area contributed by atoms with Crippen LogP contribution >= 0.6 is 11.8 Å². The number of hydrogen-bond acceptors (Lipinski definition) is 9. The lowest BCUT2D eigenvalue weighted by atomic mass is 9.97. The SMILES string of the molecule is C=C(C)N(C)CCC(=O)OCC(O)COC(=O)CCSCC(C)(C)C(=O)OC. The highest BCUT2D eigenvalue weighted by atomic mass is 32.2. The van der Waals surface area contributed by atoms with Gasteiger partial charge >= 0.3 is 17.9 Å². The number of thioether (sulfide) groups is 1. The summed E-state index contributed by atoms with van der Waals surface area (Å²) >= 11 is 1.45. The minimum Gasteiger partial charge on any atom is -0.469 e. The predicted molar refractivity (Wildman–Crippen MR) is 108 cm³/mol. The average molecular weight is 420 g/mol. The van der Waals surface area contributed by atoms with E-state index in [-0.39, 0.29) is 32.0 Å². The molecule has 0 aromatic carbocycles. The van der Waals surface area contributed by atoms with Crippen molar-refractivity contribution in [1.82, 2.24) is 4.90 Å². The van der Waals surface area contributed by atoms with Gasteiger partial charge in [0.25, 0.3) is 0 Å². The third-order valence-corrected chi connectivity index (χ3v) is 5.25. The van der Waals surface area contributed by atoms with Gasteiger partial charge in [-0.25, -0.2) is 0 Å². The van der Waals surface area contributed by atoms with Crippen molar-refractivity contribution in [2.45, 2.75) is 39.7 Å². The van der Waals surface area contributed by atoms with Crippen molar-refractivity contribution in [3.8, 4) is 0 Å². The van der Waals surface area contributed by atoms with Crippen LogP contribution < -0.4 is 0 Å². The van der Waals surface area contributed by atoms with Gasteiger partial charge in [-0.1, -0.05) is 6.58 Å². The molecule has 162 valence electrons. The normalized spacial score (nSPS) is 12.1. The molecule has 0 spiro atoms. The van der Waals surface area contributed by atoms with Gasteiger partial charge in [0, 0.05) is 30.8 Å². The van der Waals surface area contributed by atoms with Crippen molar-refractivity contribution in [2.24, 2.45) is 5.41 Å². The Kier molecular flexibility index (Phi) is 12.6. The zero-order chi connectivity index (χ0) is 21.7. The second-order valence-corrected chi connectivity index (χ2v) is 8.21. The zero-order valence-electron chi connectivity index (χ0n) is 17.5. The van der Waals surface area contributed by atoms with Crippen molar-refractivity contribution in [2.75, 3.05) is 45.4 Å². The molecule has 0 aliphatic heterocycles. The number of esters is 3. The maximum absolute atomic E-state index is 11.7. The molecule has 0 aliphatic rings. The molecular formula is C19H33NO7S. The third kappa shape index (κ3) is 11.9. The number of allylic oxidation sites excluding steroid dienone is 1. The van der Waals surface area contributed by atoms with E-state index in [9.17, 15) is 19.5 Å². The van der Waals surface area contributed by atoms with Crippen LogP contribution in [0.4, 0.5) is 0 Å². The summed E-state index contributed by atoms with van der Waals surface area (Å²) in [6.45, 7) is 9.15. The van der Waals surface area contributed by atoms with Crippen LogP contribution in [0.5, 0.6) is 0 Å². The van der Waals surface area contributed by atoms with Gasteiger partial charge in [0.1, 0.15) is 19.3 Å². The fourth-order valence-electron chi connectivity index (χ4n) is 1.84. The highest BCUT2D eigenvalue weighted by Crippen LogP contribution is 2.23. The molecular weight excluding hydrogens is 386 g/mol. The summed E-state index contributed by atoms with van der Waals surface area (Å²) in [5.74, 6) is -0.196. The molecule has 0 saturated heterocycles. The molecule has 0 fully saturated rings. The van der Waals surface area contributed by atoms with Crippen LogP contribution in [0.1, 0.15) is 33.6 Å². The number of methoxy groups -OCH3 is 1. The Morgan fingerprint density at radius 3 is 2.18 bits per heavy atom. The number of rotatable bonds is 14. The van der Waals surface area contributed by atoms with Gasteiger partial charge in [-0.15, -0.1) is 0 Å². The van der Waals surface area contributed by atoms with Gasteiger partial charge in [0.05, 0.1) is 25.4 Å². The van der Waals surface area contributed by atoms with Crippen LogP contribution in [0.2, 0.25) is 0 Å². The van der Waals surface area contributed by atoms with Crippen molar-refractivity contribution in [3.63, 3.8) is 0 Å². The molecule has 8 nitrogen and oxygen atoms in total. The minimum atomic E-state index is -1.07. The number of carbonyl (C=O) groups excluding carboxylic acids is 3. The molecule has 0 aromatic rings. The zero-order valence-corrected chi connectivity index (χ0v) is 18.3. The molecule has 9 heteroatoms. The van der Waals surface area contributed by atoms with E-state index in [1.54, 1.807) is 13.8 Å². The van der Waals surface area contributed by atoms with Crippen LogP contribution in [0.15, 0.2) is 12.3 Å². The summed E-state index contributed by atoms with van der Waals surface area (Å²) < 4.78 is 14.6. The van der Waals surface area contributed by atoms with E-state index in [4.69, 9.17) is 14.2 Å². The minimum absolute atomic E-state index is 0.154. The Morgan fingerprint density at radius 1 is 1.14 bits per heavy atom. The highest BCUT2D eigenvalue weighted by molar-refractivity contribution is 7.99. The maximum Gasteiger partial charge on any atom is 0.312 e. The smallest absolute Gasteiger partial charge is 0.312 e. The lowest BCUT2D eigenvalue weighted by Gasteiger charge is -2.20. The monoisotopic (exact) mass is 419 g/mol. The number of aliphatic hydroxyl groups excluding tert-OH is 1. The Balaban J connectivity index is 3.87. The van der Waals surface area contributed by atoms with E-state index >= 15 is 0 Å². The van der Waals surface area contributed by atoms with Crippen LogP contribution in [-0.2, 0) is 28.6 Å². The van der Waals surface area contributed by atoms with E-state index in [0.717, 1.165) is 5.70 Å². The molecule has 28 heavy (non-hydrogen) atoms. The van der Waals surface area contributed by atoms with Crippen molar-refractivity contribution >= 4 is 29.7 Å². The summed E-state index contributed by atoms with van der Waals surface area (Å²) in [5.41, 5.74) is 0.217. The summed E-state index contributed by atoms with van der Waals surface area (Å²) in [5, 5.41) is 9.74. The van der Waals surface area contributed by atoms with E-state index in [1.807, 2.05) is 18.9 Å². The fourth-order valence-corrected chi connectivity index (χ4v) is 2.92. The lowest BCUT2D eigenvalue weighted by molar-refractivity contribution is -0.152. The van der Waals surface area contributed by atoms with E-state index in [1.165, 1.54) is 18.9 Å². The number of carbonyl (C=O) groups is 3. The first-order valence-corrected chi connectivity index (χ1v) is 10.2. The summed E-state index contributed by atoms with van der Waals surface area (Å²) in [6, 6.07) is 0. The largest absolute Gasteiger partial charge is 0.469 e. The van der Waals surface area contributed by atoms with Crippen LogP contribution in [0.3, 0.4) is 0 Å². The molecule has 0 aromatic heterocycles. The maximum atomic E-state index is 11.7. The molecule has 0 radical (unpaired) electrons. The Morgan fingerprint density at radius 2 is 1.68 bits per heavy atom. The second-order valence-electron chi connectivity index (χ2n) is 7.10. The van der Waals surface area contributed by atoms with E-state index in [2.05, 4.69) is 6.58 Å². The molecule has 0 aliphatic carbocycles. The topological polar surface area (TPSA) is 102 Å². The number of hydrogen-bond donors (Lipinski definition) is 1. The Bertz CT molecular complexity index is 536. The Labute approximate surface area is 171 Å². The molecule has 0 rings (SSSR count). The van der Waals surface area contributed by atoms with Gasteiger partial charge < -0.3 is 24.2 Å². The summed E-state index contributed by atoms with van der Waals surface area (Å²) in [6.07, 6.45) is -0.742. The van der Waals surface area contributed by atoms with Gasteiger partial charge in [0.2, 0.25) is 0 Å². The van der Waals surface area contributed by atoms with E-state index in [0.29, 0.717) is 18.1 Å². The van der Waals surface area contributed by atoms with Gasteiger partial charge in [-0.3, -0.25) is 14.4 Å². The third-order valence-electron chi connectivity index (χ3n) is 3.83. The average Bonchev–Trinajstić information content (AvgIpc) is 2.65. The fraction of sp³-hybridized carbons (Fsp3) is 0.737. The van der Waals surface area contributed by atoms with Crippen LogP contribution in [0, 0.1) is 5.41 Å². The predicted octanol–water partition coefficient (Wildman–Crippen LogP) is 1.61. The van der Waals surface area contributed by atoms with Crippen molar-refractivity contribution < 1.29 is 33.7 Å².